The summed E-state index contributed by atoms with van der Waals surface area (Å²) in [5.41, 5.74) is 5.74. The lowest BCUT2D eigenvalue weighted by molar-refractivity contribution is -0.147. The number of thiol groups is 1. The first-order valence-electron chi connectivity index (χ1n) is 18.2. The molecule has 0 fully saturated rings. The number of aliphatic hydroxyl groups is 6. The fraction of sp³-hybridized carbons (Fsp3) is 0.724. The molecule has 6 unspecified atom stereocenters. The monoisotopic (exact) mass is 930 g/mol. The van der Waals surface area contributed by atoms with Crippen molar-refractivity contribution < 1.29 is 88.7 Å². The van der Waals surface area contributed by atoms with Crippen LogP contribution >= 0.6 is 36.2 Å². The zero-order chi connectivity index (χ0) is 48.2. The van der Waals surface area contributed by atoms with Crippen molar-refractivity contribution in [1.82, 2.24) is 21.3 Å². The van der Waals surface area contributed by atoms with Crippen molar-refractivity contribution in [1.29, 1.82) is 0 Å². The van der Waals surface area contributed by atoms with Crippen LogP contribution in [0.1, 0.15) is 19.3 Å². The largest absolute Gasteiger partial charge is 0.481 e. The molecule has 0 aromatic carbocycles. The molecule has 0 spiro atoms. The molecule has 4 amide bonds. The summed E-state index contributed by atoms with van der Waals surface area (Å²) in [5.74, 6) is -8.34. The number of hydrogen-bond donors (Lipinski definition) is 14. The van der Waals surface area contributed by atoms with Crippen LogP contribution in [0.5, 0.6) is 0 Å². The molecule has 0 aliphatic rings. The zero-order valence-corrected chi connectivity index (χ0v) is 36.1. The first kappa shape index (κ1) is 63.3. The Balaban J connectivity index is -0.00000230. The highest BCUT2D eigenvalue weighted by molar-refractivity contribution is 8.00. The van der Waals surface area contributed by atoms with Gasteiger partial charge in [-0.05, 0) is 0 Å². The van der Waals surface area contributed by atoms with Gasteiger partial charge in [-0.2, -0.15) is 12.6 Å². The normalized spacial score (nSPS) is 13.2. The van der Waals surface area contributed by atoms with Crippen molar-refractivity contribution >= 4 is 134 Å². The number of esters is 2. The molecular formula is C29H51B7N5O18S3. The van der Waals surface area contributed by atoms with E-state index in [0.717, 1.165) is 23.5 Å². The van der Waals surface area contributed by atoms with Gasteiger partial charge in [0.25, 0.3) is 0 Å². The molecule has 0 aliphatic heterocycles. The third-order valence-electron chi connectivity index (χ3n) is 6.70. The summed E-state index contributed by atoms with van der Waals surface area (Å²) >= 11 is 5.71. The van der Waals surface area contributed by atoms with Crippen molar-refractivity contribution in [2.45, 2.75) is 55.7 Å². The summed E-state index contributed by atoms with van der Waals surface area (Å²) in [4.78, 5) is 96.0. The third kappa shape index (κ3) is 37.5. The van der Waals surface area contributed by atoms with E-state index in [1.165, 1.54) is 7.06 Å². The lowest BCUT2D eigenvalue weighted by Crippen LogP contribution is -2.54. The second-order valence-electron chi connectivity index (χ2n) is 12.3. The van der Waals surface area contributed by atoms with Gasteiger partial charge in [0.05, 0.1) is 88.0 Å². The third-order valence-corrected chi connectivity index (χ3v) is 9.24. The molecule has 0 heterocycles. The molecule has 0 aromatic heterocycles. The lowest BCUT2D eigenvalue weighted by Gasteiger charge is -2.21. The fourth-order valence-corrected chi connectivity index (χ4v) is 5.02. The zero-order valence-electron chi connectivity index (χ0n) is 33.6. The molecule has 0 bridgehead atoms. The van der Waals surface area contributed by atoms with Crippen molar-refractivity contribution in [3.05, 3.63) is 0 Å². The van der Waals surface area contributed by atoms with Crippen LogP contribution in [-0.4, -0.2) is 250 Å². The van der Waals surface area contributed by atoms with Gasteiger partial charge in [-0.3, -0.25) is 33.6 Å². The van der Waals surface area contributed by atoms with Gasteiger partial charge in [0.1, 0.15) is 25.3 Å². The van der Waals surface area contributed by atoms with Gasteiger partial charge >= 0.3 is 23.9 Å². The van der Waals surface area contributed by atoms with Gasteiger partial charge in [-0.1, -0.05) is 0 Å². The number of nitrogens with one attached hydrogen (secondary N) is 4. The van der Waals surface area contributed by atoms with Crippen LogP contribution in [-0.2, 0) is 47.8 Å². The van der Waals surface area contributed by atoms with Crippen molar-refractivity contribution in [3.8, 4) is 0 Å². The van der Waals surface area contributed by atoms with Crippen LogP contribution in [0.2, 0.25) is 0 Å². The number of carboxylic acids is 2. The number of carboxylic acid groups (broad SMARTS) is 2. The number of nitrogens with two attached hydrogens (primary N) is 1. The Morgan fingerprint density at radius 1 is 0.694 bits per heavy atom. The van der Waals surface area contributed by atoms with Crippen molar-refractivity contribution in [3.63, 3.8) is 0 Å². The molecule has 33 heteroatoms. The van der Waals surface area contributed by atoms with Crippen LogP contribution in [0.4, 0.5) is 0 Å². The first-order chi connectivity index (χ1) is 29.1. The van der Waals surface area contributed by atoms with E-state index < -0.39 is 123 Å². The number of amides is 4. The molecule has 6 atom stereocenters. The van der Waals surface area contributed by atoms with E-state index in [2.05, 4.69) is 28.6 Å². The van der Waals surface area contributed by atoms with E-state index >= 15 is 0 Å². The SMILES string of the molecule is NC(CC(=O)NC(CC(=O)NCCOC(=O)CSCC(O)CO)C(=O)NC(CC(=O)O)C(=O)O)C(=O)NCCOC(=O)CSCC(O)CO.OCC(O)CS.[B][B]B([B])B([B])[B]. The average molecular weight is 930 g/mol. The Hall–Kier alpha value is -3.02. The van der Waals surface area contributed by atoms with Gasteiger partial charge in [-0.25, -0.2) is 4.79 Å². The summed E-state index contributed by atoms with van der Waals surface area (Å²) in [7, 11) is 21.6. The number of aliphatic carboxylic acids is 2. The van der Waals surface area contributed by atoms with Crippen LogP contribution < -0.4 is 27.0 Å². The van der Waals surface area contributed by atoms with Gasteiger partial charge in [0, 0.05) is 68.0 Å². The van der Waals surface area contributed by atoms with Gasteiger partial charge in [0.15, 0.2) is 0 Å². The Bertz CT molecular complexity index is 1340. The Kier molecular flexibility index (Phi) is 40.4. The topological polar surface area (TPSA) is 391 Å². The Morgan fingerprint density at radius 3 is 1.55 bits per heavy atom. The minimum Gasteiger partial charge on any atom is -0.481 e. The van der Waals surface area contributed by atoms with Gasteiger partial charge in [-0.15, -0.1) is 23.5 Å². The molecule has 0 saturated heterocycles. The maximum absolute atomic E-state index is 12.8. The van der Waals surface area contributed by atoms with E-state index in [9.17, 15) is 53.7 Å². The summed E-state index contributed by atoms with van der Waals surface area (Å²) in [6, 6.07) is -5.16. The highest BCUT2D eigenvalue weighted by atomic mass is 32.2. The average Bonchev–Trinajstić information content (AvgIpc) is 3.22. The van der Waals surface area contributed by atoms with Gasteiger partial charge in [0.2, 0.25) is 23.6 Å². The van der Waals surface area contributed by atoms with E-state index in [1.54, 1.807) is 0 Å². The molecule has 23 nitrogen and oxygen atoms in total. The molecule has 62 heavy (non-hydrogen) atoms. The van der Waals surface area contributed by atoms with E-state index in [4.69, 9.17) is 71.7 Å². The molecule has 0 rings (SSSR count). The van der Waals surface area contributed by atoms with Crippen molar-refractivity contribution in [2.24, 2.45) is 5.73 Å². The van der Waals surface area contributed by atoms with Crippen LogP contribution in [0.3, 0.4) is 0 Å². The quantitative estimate of drug-likeness (QED) is 0.0133. The molecule has 14 N–H and O–H groups in total. The molecule has 0 saturated carbocycles. The minimum atomic E-state index is -1.92. The van der Waals surface area contributed by atoms with Crippen molar-refractivity contribution in [2.75, 3.05) is 74.9 Å². The lowest BCUT2D eigenvalue weighted by atomic mass is 8.76. The first-order valence-corrected chi connectivity index (χ1v) is 21.1. The summed E-state index contributed by atoms with van der Waals surface area (Å²) in [6.07, 6.45) is -6.10. The number of ether oxygens (including phenoxy) is 2. The maximum atomic E-state index is 12.8. The number of thioether (sulfide) groups is 2. The highest BCUT2D eigenvalue weighted by Gasteiger charge is 2.30. The van der Waals surface area contributed by atoms with Gasteiger partial charge < -0.3 is 77.3 Å². The predicted octanol–water partition coefficient (Wildman–Crippen LogP) is -9.28. The maximum Gasteiger partial charge on any atom is 0.326 e. The number of rotatable bonds is 31. The highest BCUT2D eigenvalue weighted by Crippen LogP contribution is 2.05. The number of hydrogen-bond acceptors (Lipinski definition) is 20. The number of aliphatic hydroxyl groups excluding tert-OH is 6. The standard InChI is InChI=1S/C26H43N5O16S2.C3H8O2S.B7/c27-16(24(42)29-2-4-47-23(41)13-49-11-15(35)9-33)5-20(37)30-17(25(43)31-18(26(44)45)7-21(38)39)6-19(36)28-1-3-46-22(40)12-48-10-14(34)8-32;4-1-3(5)2-6;1-5-7(4)6(2)3/h14-18,32-35H,1-13,27H2,(H,28,36)(H,29,42)(H,30,37)(H,31,43)(H,38,39)(H,44,45);3-6H,1-2H2;. The molecule has 0 aliphatic carbocycles. The van der Waals surface area contributed by atoms with Crippen LogP contribution in [0.15, 0.2) is 0 Å². The smallest absolute Gasteiger partial charge is 0.326 e. The predicted molar refractivity (Wildman–Crippen MR) is 237 cm³/mol. The minimum absolute atomic E-state index is 0.0834. The Morgan fingerprint density at radius 2 is 1.18 bits per heavy atom. The van der Waals surface area contributed by atoms with Crippen LogP contribution in [0, 0.1) is 0 Å². The van der Waals surface area contributed by atoms with E-state index in [0.29, 0.717) is 5.75 Å². The summed E-state index contributed by atoms with van der Waals surface area (Å²) in [6.45, 7) is -2.10. The second-order valence-corrected chi connectivity index (χ2v) is 14.7. The molecular weight excluding hydrogens is 878 g/mol. The number of carbonyl (C=O) groups is 8. The number of carbonyl (C=O) groups excluding carboxylic acids is 6. The Labute approximate surface area is 379 Å². The van der Waals surface area contributed by atoms with E-state index in [1.807, 2.05) is 5.32 Å². The molecule has 0 aromatic rings. The van der Waals surface area contributed by atoms with Crippen LogP contribution in [0.25, 0.3) is 0 Å². The molecule has 9 radical (unpaired) electrons. The second kappa shape index (κ2) is 39.6. The summed E-state index contributed by atoms with van der Waals surface area (Å²) < 4.78 is 9.79. The molecule has 339 valence electrons. The van der Waals surface area contributed by atoms with E-state index in [-0.39, 0.29) is 62.3 Å². The summed E-state index contributed by atoms with van der Waals surface area (Å²) in [5, 5.41) is 79.2. The fourth-order valence-electron chi connectivity index (χ4n) is 3.42.